The summed E-state index contributed by atoms with van der Waals surface area (Å²) in [7, 11) is -3.79. The second-order valence-electron chi connectivity index (χ2n) is 4.31. The van der Waals surface area contributed by atoms with Gasteiger partial charge in [-0.3, -0.25) is 4.79 Å². The molecule has 0 aliphatic heterocycles. The first kappa shape index (κ1) is 14.1. The van der Waals surface area contributed by atoms with Gasteiger partial charge in [-0.05, 0) is 24.3 Å². The molecule has 2 aromatic rings. The molecule has 2 rings (SSSR count). The first-order valence-corrected chi connectivity index (χ1v) is 7.52. The Bertz CT molecular complexity index is 755. The fourth-order valence-corrected chi connectivity index (χ4v) is 3.21. The molecule has 20 heavy (non-hydrogen) atoms. The molecule has 0 saturated heterocycles. The van der Waals surface area contributed by atoms with Gasteiger partial charge in [-0.25, -0.2) is 8.42 Å². The van der Waals surface area contributed by atoms with Gasteiger partial charge in [0.1, 0.15) is 5.75 Å². The summed E-state index contributed by atoms with van der Waals surface area (Å²) < 4.78 is 24.4. The number of carbonyl (C=O) groups is 1. The summed E-state index contributed by atoms with van der Waals surface area (Å²) in [5.41, 5.74) is 11.9. The lowest BCUT2D eigenvalue weighted by atomic mass is 10.1. The summed E-state index contributed by atoms with van der Waals surface area (Å²) in [6.07, 6.45) is 0. The van der Waals surface area contributed by atoms with Crippen LogP contribution >= 0.6 is 0 Å². The maximum Gasteiger partial charge on any atom is 0.187 e. The smallest absolute Gasteiger partial charge is 0.187 e. The van der Waals surface area contributed by atoms with E-state index in [2.05, 4.69) is 0 Å². The number of benzene rings is 2. The Morgan fingerprint density at radius 3 is 2.05 bits per heavy atom. The van der Waals surface area contributed by atoms with Crippen molar-refractivity contribution in [3.63, 3.8) is 0 Å². The summed E-state index contributed by atoms with van der Waals surface area (Å²) >= 11 is 0. The van der Waals surface area contributed by atoms with E-state index in [0.29, 0.717) is 0 Å². The highest BCUT2D eigenvalue weighted by Crippen LogP contribution is 2.21. The lowest BCUT2D eigenvalue weighted by Crippen LogP contribution is -2.18. The minimum atomic E-state index is -3.79. The Balaban J connectivity index is 2.33. The van der Waals surface area contributed by atoms with E-state index < -0.39 is 21.4 Å². The molecule has 2 aromatic carbocycles. The molecule has 0 bridgehead atoms. The minimum absolute atomic E-state index is 0.0390. The van der Waals surface area contributed by atoms with Gasteiger partial charge < -0.3 is 11.5 Å². The minimum Gasteiger partial charge on any atom is -0.398 e. The Morgan fingerprint density at radius 1 is 0.900 bits per heavy atom. The summed E-state index contributed by atoms with van der Waals surface area (Å²) in [5, 5.41) is 0. The van der Waals surface area contributed by atoms with Crippen LogP contribution in [0.2, 0.25) is 0 Å². The van der Waals surface area contributed by atoms with Crippen molar-refractivity contribution < 1.29 is 13.2 Å². The molecule has 0 unspecified atom stereocenters. The lowest BCUT2D eigenvalue weighted by molar-refractivity contribution is 0.102. The number of ketones is 1. The third-order valence-electron chi connectivity index (χ3n) is 2.84. The van der Waals surface area contributed by atoms with Crippen molar-refractivity contribution in [1.82, 2.24) is 0 Å². The van der Waals surface area contributed by atoms with E-state index in [-0.39, 0.29) is 21.8 Å². The average molecular weight is 290 g/mol. The number of sulfone groups is 1. The van der Waals surface area contributed by atoms with Crippen molar-refractivity contribution in [2.45, 2.75) is 4.90 Å². The fourth-order valence-electron chi connectivity index (χ4n) is 1.84. The predicted octanol–water partition coefficient (Wildman–Crippen LogP) is 1.51. The molecule has 0 radical (unpaired) electrons. The fraction of sp³-hybridized carbons (Fsp3) is 0.0714. The van der Waals surface area contributed by atoms with Gasteiger partial charge in [-0.2, -0.15) is 0 Å². The monoisotopic (exact) mass is 290 g/mol. The van der Waals surface area contributed by atoms with E-state index in [1.54, 1.807) is 30.3 Å². The molecule has 0 aromatic heterocycles. The largest absolute Gasteiger partial charge is 0.398 e. The lowest BCUT2D eigenvalue weighted by Gasteiger charge is -2.08. The van der Waals surface area contributed by atoms with Gasteiger partial charge in [0.05, 0.1) is 10.6 Å². The molecule has 4 N–H and O–H groups in total. The summed E-state index contributed by atoms with van der Waals surface area (Å²) in [5.74, 6) is -1.21. The van der Waals surface area contributed by atoms with Crippen LogP contribution in [0.25, 0.3) is 0 Å². The summed E-state index contributed by atoms with van der Waals surface area (Å²) in [6, 6.07) is 12.4. The molecule has 0 aliphatic rings. The second-order valence-corrected chi connectivity index (χ2v) is 6.27. The van der Waals surface area contributed by atoms with Gasteiger partial charge >= 0.3 is 0 Å². The van der Waals surface area contributed by atoms with Gasteiger partial charge in [0.25, 0.3) is 0 Å². The van der Waals surface area contributed by atoms with Crippen LogP contribution < -0.4 is 11.5 Å². The quantitative estimate of drug-likeness (QED) is 0.656. The van der Waals surface area contributed by atoms with Crippen LogP contribution in [0, 0.1) is 0 Å². The zero-order chi connectivity index (χ0) is 14.8. The van der Waals surface area contributed by atoms with Gasteiger partial charge in [-0.15, -0.1) is 0 Å². The number of hydrogen-bond acceptors (Lipinski definition) is 5. The molecule has 0 spiro atoms. The normalized spacial score (nSPS) is 11.2. The van der Waals surface area contributed by atoms with Gasteiger partial charge in [0.2, 0.25) is 0 Å². The van der Waals surface area contributed by atoms with Crippen molar-refractivity contribution in [2.24, 2.45) is 0 Å². The molecule has 104 valence electrons. The molecule has 0 fully saturated rings. The Kier molecular flexibility index (Phi) is 3.76. The van der Waals surface area contributed by atoms with Crippen LogP contribution in [0.4, 0.5) is 11.4 Å². The molecule has 0 heterocycles. The SMILES string of the molecule is Nc1ccccc1C(=O)CS(=O)(=O)c1ccccc1N. The highest BCUT2D eigenvalue weighted by molar-refractivity contribution is 7.92. The number of nitrogen functional groups attached to an aromatic ring is 2. The molecule has 0 aliphatic carbocycles. The average Bonchev–Trinajstić information content (AvgIpc) is 2.38. The van der Waals surface area contributed by atoms with Crippen LogP contribution in [-0.2, 0) is 9.84 Å². The molecule has 0 amide bonds. The van der Waals surface area contributed by atoms with Gasteiger partial charge in [0, 0.05) is 11.3 Å². The van der Waals surface area contributed by atoms with Crippen molar-refractivity contribution in [3.8, 4) is 0 Å². The zero-order valence-electron chi connectivity index (χ0n) is 10.6. The maximum absolute atomic E-state index is 12.2. The van der Waals surface area contributed by atoms with Crippen LogP contribution in [0.3, 0.4) is 0 Å². The van der Waals surface area contributed by atoms with Crippen molar-refractivity contribution in [1.29, 1.82) is 0 Å². The molecule has 0 saturated carbocycles. The molecule has 6 heteroatoms. The number of carbonyl (C=O) groups excluding carboxylic acids is 1. The molecule has 5 nitrogen and oxygen atoms in total. The van der Waals surface area contributed by atoms with Crippen molar-refractivity contribution in [2.75, 3.05) is 17.2 Å². The molecular weight excluding hydrogens is 276 g/mol. The van der Waals surface area contributed by atoms with E-state index >= 15 is 0 Å². The first-order chi connectivity index (χ1) is 9.42. The van der Waals surface area contributed by atoms with Crippen LogP contribution in [-0.4, -0.2) is 20.0 Å². The maximum atomic E-state index is 12.2. The predicted molar refractivity (Wildman–Crippen MR) is 78.1 cm³/mol. The van der Waals surface area contributed by atoms with Gasteiger partial charge in [0.15, 0.2) is 15.6 Å². The first-order valence-electron chi connectivity index (χ1n) is 5.87. The number of Topliss-reactive ketones (excluding diaryl/α,β-unsaturated/α-hetero) is 1. The zero-order valence-corrected chi connectivity index (χ0v) is 11.4. The van der Waals surface area contributed by atoms with E-state index in [1.165, 1.54) is 18.2 Å². The third-order valence-corrected chi connectivity index (χ3v) is 4.52. The highest BCUT2D eigenvalue weighted by atomic mass is 32.2. The Labute approximate surface area is 117 Å². The number of nitrogens with two attached hydrogens (primary N) is 2. The van der Waals surface area contributed by atoms with Gasteiger partial charge in [-0.1, -0.05) is 24.3 Å². The van der Waals surface area contributed by atoms with E-state index in [1.807, 2.05) is 0 Å². The summed E-state index contributed by atoms with van der Waals surface area (Å²) in [4.78, 5) is 12.0. The third kappa shape index (κ3) is 2.80. The topological polar surface area (TPSA) is 103 Å². The molecular formula is C14H14N2O3S. The van der Waals surface area contributed by atoms with Crippen LogP contribution in [0.15, 0.2) is 53.4 Å². The van der Waals surface area contributed by atoms with Crippen molar-refractivity contribution in [3.05, 3.63) is 54.1 Å². The highest BCUT2D eigenvalue weighted by Gasteiger charge is 2.23. The van der Waals surface area contributed by atoms with E-state index in [9.17, 15) is 13.2 Å². The second kappa shape index (κ2) is 5.34. The van der Waals surface area contributed by atoms with Crippen molar-refractivity contribution >= 4 is 27.0 Å². The standard InChI is InChI=1S/C14H14N2O3S/c15-11-6-2-1-5-10(11)13(17)9-20(18,19)14-8-4-3-7-12(14)16/h1-8H,9,15-16H2. The van der Waals surface area contributed by atoms with E-state index in [0.717, 1.165) is 0 Å². The summed E-state index contributed by atoms with van der Waals surface area (Å²) in [6.45, 7) is 0. The number of para-hydroxylation sites is 2. The van der Waals surface area contributed by atoms with Crippen LogP contribution in [0.5, 0.6) is 0 Å². The van der Waals surface area contributed by atoms with E-state index in [4.69, 9.17) is 11.5 Å². The Hall–Kier alpha value is -2.34. The Morgan fingerprint density at radius 2 is 1.45 bits per heavy atom. The number of anilines is 2. The number of rotatable bonds is 4. The van der Waals surface area contributed by atoms with Crippen LogP contribution in [0.1, 0.15) is 10.4 Å². The number of hydrogen-bond donors (Lipinski definition) is 2. The molecule has 0 atom stereocenters.